The van der Waals surface area contributed by atoms with Crippen LogP contribution in [0.2, 0.25) is 0 Å². The molecule has 0 aliphatic carbocycles. The highest BCUT2D eigenvalue weighted by molar-refractivity contribution is 5.81. The summed E-state index contributed by atoms with van der Waals surface area (Å²) in [4.78, 5) is 37.6. The highest BCUT2D eigenvalue weighted by Gasteiger charge is 2.24. The minimum Gasteiger partial charge on any atom is -0.340 e. The van der Waals surface area contributed by atoms with Gasteiger partial charge >= 0.3 is 5.69 Å². The first kappa shape index (κ1) is 15.5. The highest BCUT2D eigenvalue weighted by Crippen LogP contribution is 2.10. The van der Waals surface area contributed by atoms with Crippen molar-refractivity contribution in [1.82, 2.24) is 19.4 Å². The molecule has 21 heavy (non-hydrogen) atoms. The van der Waals surface area contributed by atoms with Crippen LogP contribution in [0.5, 0.6) is 0 Å². The molecule has 1 unspecified atom stereocenters. The Bertz CT molecular complexity index is 641. The van der Waals surface area contributed by atoms with Crippen molar-refractivity contribution < 1.29 is 4.79 Å². The molecule has 0 spiro atoms. The monoisotopic (exact) mass is 294 g/mol. The standard InChI is InChI=1S/C14H22N4O3/c1-16(13(20)11-6-4-5-7-15-11)8-10-9-17(2)14(21)18(3)12(10)19/h9,11,15H,4-8H2,1-3H3. The first-order valence-corrected chi connectivity index (χ1v) is 7.15. The molecule has 1 N–H and O–H groups in total. The second-order valence-electron chi connectivity index (χ2n) is 5.61. The number of nitrogens with zero attached hydrogens (tertiary/aromatic N) is 3. The van der Waals surface area contributed by atoms with E-state index in [0.717, 1.165) is 30.4 Å². The fourth-order valence-electron chi connectivity index (χ4n) is 2.65. The molecule has 0 aromatic carbocycles. The molecule has 116 valence electrons. The second kappa shape index (κ2) is 6.26. The molecule has 1 fully saturated rings. The molecular formula is C14H22N4O3. The van der Waals surface area contributed by atoms with E-state index in [1.807, 2.05) is 0 Å². The van der Waals surface area contributed by atoms with Crippen LogP contribution in [0.1, 0.15) is 24.8 Å². The number of piperidine rings is 1. The van der Waals surface area contributed by atoms with Crippen molar-refractivity contribution in [3.63, 3.8) is 0 Å². The number of amides is 1. The summed E-state index contributed by atoms with van der Waals surface area (Å²) in [5.74, 6) is -0.00870. The van der Waals surface area contributed by atoms with Crippen LogP contribution in [-0.4, -0.2) is 39.6 Å². The Morgan fingerprint density at radius 2 is 2.10 bits per heavy atom. The van der Waals surface area contributed by atoms with E-state index in [-0.39, 0.29) is 29.7 Å². The second-order valence-corrected chi connectivity index (χ2v) is 5.61. The van der Waals surface area contributed by atoms with Gasteiger partial charge in [0.15, 0.2) is 0 Å². The maximum atomic E-state index is 12.3. The summed E-state index contributed by atoms with van der Waals surface area (Å²) in [5, 5.41) is 3.20. The van der Waals surface area contributed by atoms with Gasteiger partial charge in [0.2, 0.25) is 5.91 Å². The van der Waals surface area contributed by atoms with Gasteiger partial charge in [-0.15, -0.1) is 0 Å². The lowest BCUT2D eigenvalue weighted by Gasteiger charge is -2.27. The van der Waals surface area contributed by atoms with Crippen LogP contribution >= 0.6 is 0 Å². The number of hydrogen-bond acceptors (Lipinski definition) is 4. The van der Waals surface area contributed by atoms with Gasteiger partial charge in [0.25, 0.3) is 5.56 Å². The van der Waals surface area contributed by atoms with Crippen LogP contribution in [0.15, 0.2) is 15.8 Å². The van der Waals surface area contributed by atoms with Crippen molar-refractivity contribution in [1.29, 1.82) is 0 Å². The Kier molecular flexibility index (Phi) is 4.62. The summed E-state index contributed by atoms with van der Waals surface area (Å²) < 4.78 is 2.42. The van der Waals surface area contributed by atoms with Crippen molar-refractivity contribution in [3.8, 4) is 0 Å². The van der Waals surface area contributed by atoms with E-state index in [4.69, 9.17) is 0 Å². The lowest BCUT2D eigenvalue weighted by atomic mass is 10.0. The van der Waals surface area contributed by atoms with Gasteiger partial charge in [-0.05, 0) is 19.4 Å². The van der Waals surface area contributed by atoms with Crippen LogP contribution < -0.4 is 16.6 Å². The number of nitrogens with one attached hydrogen (secondary N) is 1. The van der Waals surface area contributed by atoms with Gasteiger partial charge < -0.3 is 14.8 Å². The molecule has 7 heteroatoms. The van der Waals surface area contributed by atoms with Crippen LogP contribution in [0.25, 0.3) is 0 Å². The number of carbonyl (C=O) groups excluding carboxylic acids is 1. The van der Waals surface area contributed by atoms with Crippen LogP contribution in [0.3, 0.4) is 0 Å². The van der Waals surface area contributed by atoms with Crippen LogP contribution in [-0.2, 0) is 25.4 Å². The number of aromatic nitrogens is 2. The van der Waals surface area contributed by atoms with Gasteiger partial charge in [-0.25, -0.2) is 4.79 Å². The average molecular weight is 294 g/mol. The van der Waals surface area contributed by atoms with E-state index in [1.54, 1.807) is 19.0 Å². The number of rotatable bonds is 3. The first-order chi connectivity index (χ1) is 9.91. The average Bonchev–Trinajstić information content (AvgIpc) is 2.50. The normalized spacial score (nSPS) is 18.5. The fourth-order valence-corrected chi connectivity index (χ4v) is 2.65. The zero-order valence-corrected chi connectivity index (χ0v) is 12.8. The highest BCUT2D eigenvalue weighted by atomic mass is 16.2. The van der Waals surface area contributed by atoms with Crippen LogP contribution in [0.4, 0.5) is 0 Å². The van der Waals surface area contributed by atoms with Crippen molar-refractivity contribution in [2.45, 2.75) is 31.8 Å². The third-order valence-electron chi connectivity index (χ3n) is 3.91. The Labute approximate surface area is 123 Å². The summed E-state index contributed by atoms with van der Waals surface area (Å²) in [5.41, 5.74) is -0.285. The molecule has 0 radical (unpaired) electrons. The predicted octanol–water partition coefficient (Wildman–Crippen LogP) is -0.815. The summed E-state index contributed by atoms with van der Waals surface area (Å²) in [7, 11) is 4.72. The molecule has 1 atom stereocenters. The zero-order chi connectivity index (χ0) is 15.6. The van der Waals surface area contributed by atoms with E-state index in [2.05, 4.69) is 5.32 Å². The molecule has 0 bridgehead atoms. The van der Waals surface area contributed by atoms with E-state index >= 15 is 0 Å². The van der Waals surface area contributed by atoms with Gasteiger partial charge in [-0.1, -0.05) is 6.42 Å². The smallest absolute Gasteiger partial charge is 0.330 e. The molecular weight excluding hydrogens is 272 g/mol. The molecule has 0 saturated carbocycles. The summed E-state index contributed by atoms with van der Waals surface area (Å²) in [6, 6.07) is -0.167. The van der Waals surface area contributed by atoms with Gasteiger partial charge in [0.05, 0.1) is 18.2 Å². The third kappa shape index (κ3) is 3.24. The Morgan fingerprint density at radius 3 is 2.71 bits per heavy atom. The van der Waals surface area contributed by atoms with Crippen molar-refractivity contribution in [3.05, 3.63) is 32.6 Å². The molecule has 1 amide bonds. The minimum absolute atomic E-state index is 0.00870. The molecule has 1 aliphatic rings. The number of aryl methyl sites for hydroxylation is 1. The topological polar surface area (TPSA) is 76.3 Å². The number of carbonyl (C=O) groups is 1. The van der Waals surface area contributed by atoms with E-state index in [0.29, 0.717) is 5.56 Å². The Hall–Kier alpha value is -1.89. The van der Waals surface area contributed by atoms with Crippen molar-refractivity contribution >= 4 is 5.91 Å². The van der Waals surface area contributed by atoms with Gasteiger partial charge in [0, 0.05) is 27.3 Å². The molecule has 1 aromatic rings. The van der Waals surface area contributed by atoms with Crippen molar-refractivity contribution in [2.75, 3.05) is 13.6 Å². The Balaban J connectivity index is 2.16. The predicted molar refractivity (Wildman–Crippen MR) is 79.0 cm³/mol. The fraction of sp³-hybridized carbons (Fsp3) is 0.643. The van der Waals surface area contributed by atoms with Gasteiger partial charge in [0.1, 0.15) is 0 Å². The molecule has 2 heterocycles. The summed E-state index contributed by atoms with van der Waals surface area (Å²) in [6.45, 7) is 1.06. The third-order valence-corrected chi connectivity index (χ3v) is 3.91. The van der Waals surface area contributed by atoms with Gasteiger partial charge in [-0.3, -0.25) is 14.2 Å². The summed E-state index contributed by atoms with van der Waals surface area (Å²) >= 11 is 0. The lowest BCUT2D eigenvalue weighted by Crippen LogP contribution is -2.48. The van der Waals surface area contributed by atoms with Crippen LogP contribution in [0, 0.1) is 0 Å². The largest absolute Gasteiger partial charge is 0.340 e. The van der Waals surface area contributed by atoms with E-state index in [1.165, 1.54) is 17.8 Å². The summed E-state index contributed by atoms with van der Waals surface area (Å²) in [6.07, 6.45) is 4.46. The van der Waals surface area contributed by atoms with E-state index < -0.39 is 0 Å². The maximum Gasteiger partial charge on any atom is 0.330 e. The Morgan fingerprint density at radius 1 is 1.38 bits per heavy atom. The minimum atomic E-state index is -0.369. The zero-order valence-electron chi connectivity index (χ0n) is 12.8. The SMILES string of the molecule is CN(Cc1cn(C)c(=O)n(C)c1=O)C(=O)C1CCCCN1. The maximum absolute atomic E-state index is 12.3. The first-order valence-electron chi connectivity index (χ1n) is 7.15. The number of hydrogen-bond donors (Lipinski definition) is 1. The molecule has 2 rings (SSSR count). The molecule has 1 aromatic heterocycles. The molecule has 1 aliphatic heterocycles. The molecule has 1 saturated heterocycles. The number of likely N-dealkylation sites (N-methyl/N-ethyl adjacent to an activating group) is 1. The van der Waals surface area contributed by atoms with Crippen molar-refractivity contribution in [2.24, 2.45) is 14.1 Å². The quantitative estimate of drug-likeness (QED) is 0.790. The van der Waals surface area contributed by atoms with Gasteiger partial charge in [-0.2, -0.15) is 0 Å². The lowest BCUT2D eigenvalue weighted by molar-refractivity contribution is -0.133. The van der Waals surface area contributed by atoms with E-state index in [9.17, 15) is 14.4 Å². The molecule has 7 nitrogen and oxygen atoms in total.